The lowest BCUT2D eigenvalue weighted by atomic mass is 10.0. The van der Waals surface area contributed by atoms with Gasteiger partial charge in [0, 0.05) is 5.56 Å². The summed E-state index contributed by atoms with van der Waals surface area (Å²) >= 11 is 1.34. The van der Waals surface area contributed by atoms with Gasteiger partial charge in [-0.25, -0.2) is 4.79 Å². The number of nitrogens with zero attached hydrogens (tertiary/aromatic N) is 1. The van der Waals surface area contributed by atoms with Gasteiger partial charge in [-0.2, -0.15) is 4.37 Å². The lowest BCUT2D eigenvalue weighted by Gasteiger charge is -2.09. The van der Waals surface area contributed by atoms with Crippen molar-refractivity contribution < 1.29 is 14.3 Å². The molecule has 0 radical (unpaired) electrons. The highest BCUT2D eigenvalue weighted by Crippen LogP contribution is 2.42. The van der Waals surface area contributed by atoms with E-state index in [4.69, 9.17) is 4.74 Å². The van der Waals surface area contributed by atoms with Crippen molar-refractivity contribution in [2.45, 2.75) is 26.4 Å². The number of amides is 1. The topological polar surface area (TPSA) is 68.3 Å². The number of aromatic nitrogens is 1. The molecule has 4 aromatic rings. The fourth-order valence-electron chi connectivity index (χ4n) is 3.64. The standard InChI is InChI=1S/C28H22N2O3S/c1-19-25(29-27(32)33-17-21-5-3-2-4-6-21)26(34-30-19)24-10-9-22-15-20(7-8-23(22)16-24)11-12-28(18-31)13-14-28/h2-10,15-16,18H,13-14,17H2,1H3,(H,29,32). The Morgan fingerprint density at radius 2 is 1.88 bits per heavy atom. The Kier molecular flexibility index (Phi) is 5.87. The van der Waals surface area contributed by atoms with Gasteiger partial charge in [-0.1, -0.05) is 60.4 Å². The molecule has 1 aliphatic rings. The summed E-state index contributed by atoms with van der Waals surface area (Å²) in [4.78, 5) is 24.5. The van der Waals surface area contributed by atoms with Crippen molar-refractivity contribution in [1.29, 1.82) is 0 Å². The van der Waals surface area contributed by atoms with Crippen LogP contribution in [0.5, 0.6) is 0 Å². The highest BCUT2D eigenvalue weighted by atomic mass is 32.1. The zero-order valence-corrected chi connectivity index (χ0v) is 19.4. The van der Waals surface area contributed by atoms with E-state index in [9.17, 15) is 9.59 Å². The Labute approximate surface area is 201 Å². The van der Waals surface area contributed by atoms with E-state index in [0.717, 1.165) is 57.2 Å². The molecule has 1 fully saturated rings. The Morgan fingerprint density at radius 1 is 1.12 bits per heavy atom. The minimum Gasteiger partial charge on any atom is -0.444 e. The van der Waals surface area contributed by atoms with Gasteiger partial charge in [0.25, 0.3) is 0 Å². The van der Waals surface area contributed by atoms with Gasteiger partial charge < -0.3 is 9.53 Å². The molecule has 6 heteroatoms. The molecular weight excluding hydrogens is 444 g/mol. The molecule has 0 unspecified atom stereocenters. The number of aryl methyl sites for hydroxylation is 1. The van der Waals surface area contributed by atoms with Gasteiger partial charge in [-0.05, 0) is 71.4 Å². The molecule has 5 nitrogen and oxygen atoms in total. The van der Waals surface area contributed by atoms with Gasteiger partial charge in [-0.3, -0.25) is 5.32 Å². The van der Waals surface area contributed by atoms with Gasteiger partial charge in [0.05, 0.1) is 21.7 Å². The zero-order valence-electron chi connectivity index (χ0n) is 18.6. The van der Waals surface area contributed by atoms with Gasteiger partial charge in [0.2, 0.25) is 0 Å². The number of rotatable bonds is 5. The normalized spacial score (nSPS) is 13.6. The number of aldehydes is 1. The molecule has 1 aromatic heterocycles. The average molecular weight is 467 g/mol. The maximum Gasteiger partial charge on any atom is 0.412 e. The van der Waals surface area contributed by atoms with E-state index in [0.29, 0.717) is 5.69 Å². The number of nitrogens with one attached hydrogen (secondary N) is 1. The molecule has 0 atom stereocenters. The van der Waals surface area contributed by atoms with Crippen LogP contribution in [0.15, 0.2) is 66.7 Å². The van der Waals surface area contributed by atoms with Crippen LogP contribution in [-0.4, -0.2) is 16.8 Å². The molecule has 1 aliphatic carbocycles. The first-order chi connectivity index (χ1) is 16.5. The molecule has 1 heterocycles. The van der Waals surface area contributed by atoms with E-state index in [2.05, 4.69) is 27.6 Å². The SMILES string of the molecule is Cc1nsc(-c2ccc3cc(C#CC4(C=O)CC4)ccc3c2)c1NC(=O)OCc1ccccc1. The van der Waals surface area contributed by atoms with Crippen LogP contribution in [0.3, 0.4) is 0 Å². The molecule has 1 N–H and O–H groups in total. The first kappa shape index (κ1) is 21.9. The smallest absolute Gasteiger partial charge is 0.412 e. The van der Waals surface area contributed by atoms with Gasteiger partial charge in [0.15, 0.2) is 0 Å². The summed E-state index contributed by atoms with van der Waals surface area (Å²) in [6.07, 6.45) is 2.16. The van der Waals surface area contributed by atoms with Crippen molar-refractivity contribution >= 4 is 40.4 Å². The molecule has 0 aliphatic heterocycles. The second-order valence-electron chi connectivity index (χ2n) is 8.46. The summed E-state index contributed by atoms with van der Waals surface area (Å²) in [7, 11) is 0. The third-order valence-electron chi connectivity index (χ3n) is 5.88. The van der Waals surface area contributed by atoms with E-state index in [1.54, 1.807) is 0 Å². The predicted octanol–water partition coefficient (Wildman–Crippen LogP) is 6.35. The van der Waals surface area contributed by atoms with Crippen LogP contribution >= 0.6 is 11.5 Å². The van der Waals surface area contributed by atoms with Crippen molar-refractivity contribution in [1.82, 2.24) is 4.37 Å². The lowest BCUT2D eigenvalue weighted by Crippen LogP contribution is -2.14. The van der Waals surface area contributed by atoms with Crippen LogP contribution in [0.25, 0.3) is 21.2 Å². The molecule has 3 aromatic carbocycles. The first-order valence-corrected chi connectivity index (χ1v) is 11.8. The predicted molar refractivity (Wildman–Crippen MR) is 135 cm³/mol. The third kappa shape index (κ3) is 4.70. The van der Waals surface area contributed by atoms with E-state index in [-0.39, 0.29) is 6.61 Å². The maximum absolute atomic E-state index is 12.4. The second kappa shape index (κ2) is 9.12. The monoisotopic (exact) mass is 466 g/mol. The Balaban J connectivity index is 1.35. The molecule has 168 valence electrons. The molecule has 0 bridgehead atoms. The van der Waals surface area contributed by atoms with E-state index < -0.39 is 11.5 Å². The van der Waals surface area contributed by atoms with Crippen molar-refractivity contribution in [2.24, 2.45) is 5.41 Å². The molecule has 1 amide bonds. The highest BCUT2D eigenvalue weighted by molar-refractivity contribution is 7.10. The number of hydrogen-bond donors (Lipinski definition) is 1. The largest absolute Gasteiger partial charge is 0.444 e. The quantitative estimate of drug-likeness (QED) is 0.275. The minimum absolute atomic E-state index is 0.202. The van der Waals surface area contributed by atoms with E-state index in [1.165, 1.54) is 11.5 Å². The van der Waals surface area contributed by atoms with Gasteiger partial charge in [0.1, 0.15) is 12.9 Å². The van der Waals surface area contributed by atoms with Crippen LogP contribution in [0, 0.1) is 24.2 Å². The van der Waals surface area contributed by atoms with Crippen molar-refractivity contribution in [3.8, 4) is 22.3 Å². The van der Waals surface area contributed by atoms with Crippen LogP contribution in [0.4, 0.5) is 10.5 Å². The minimum atomic E-state index is -0.513. The number of carbonyl (C=O) groups excluding carboxylic acids is 2. The number of fused-ring (bicyclic) bond motifs is 1. The number of benzene rings is 3. The molecule has 0 saturated heterocycles. The zero-order chi connectivity index (χ0) is 23.5. The van der Waals surface area contributed by atoms with Crippen LogP contribution in [0.1, 0.15) is 29.7 Å². The summed E-state index contributed by atoms with van der Waals surface area (Å²) in [6.45, 7) is 2.07. The van der Waals surface area contributed by atoms with E-state index >= 15 is 0 Å². The number of anilines is 1. The summed E-state index contributed by atoms with van der Waals surface area (Å²) < 4.78 is 9.83. The lowest BCUT2D eigenvalue weighted by molar-refractivity contribution is -0.110. The number of ether oxygens (including phenoxy) is 1. The second-order valence-corrected chi connectivity index (χ2v) is 9.23. The molecule has 0 spiro atoms. The maximum atomic E-state index is 12.4. The highest BCUT2D eigenvalue weighted by Gasteiger charge is 2.40. The van der Waals surface area contributed by atoms with Crippen LogP contribution in [0.2, 0.25) is 0 Å². The summed E-state index contributed by atoms with van der Waals surface area (Å²) in [5.74, 6) is 6.25. The van der Waals surface area contributed by atoms with Crippen molar-refractivity contribution in [3.05, 3.63) is 83.6 Å². The van der Waals surface area contributed by atoms with Crippen LogP contribution in [-0.2, 0) is 16.1 Å². The van der Waals surface area contributed by atoms with E-state index in [1.807, 2.05) is 67.6 Å². The Hall–Kier alpha value is -3.95. The van der Waals surface area contributed by atoms with Crippen LogP contribution < -0.4 is 5.32 Å². The fraction of sp³-hybridized carbons (Fsp3) is 0.179. The molecule has 34 heavy (non-hydrogen) atoms. The third-order valence-corrected chi connectivity index (χ3v) is 6.86. The average Bonchev–Trinajstić information content (AvgIpc) is 3.58. The number of hydrogen-bond acceptors (Lipinski definition) is 5. The van der Waals surface area contributed by atoms with Crippen molar-refractivity contribution in [2.75, 3.05) is 5.32 Å². The molecule has 5 rings (SSSR count). The van der Waals surface area contributed by atoms with Gasteiger partial charge >= 0.3 is 6.09 Å². The Bertz CT molecular complexity index is 1440. The molecular formula is C28H22N2O3S. The summed E-state index contributed by atoms with van der Waals surface area (Å²) in [6, 6.07) is 21.7. The summed E-state index contributed by atoms with van der Waals surface area (Å²) in [5, 5.41) is 4.99. The first-order valence-electron chi connectivity index (χ1n) is 11.0. The van der Waals surface area contributed by atoms with Crippen molar-refractivity contribution in [3.63, 3.8) is 0 Å². The van der Waals surface area contributed by atoms with Gasteiger partial charge in [-0.15, -0.1) is 0 Å². The summed E-state index contributed by atoms with van der Waals surface area (Å²) in [5.41, 5.74) is 3.77. The number of carbonyl (C=O) groups is 2. The molecule has 1 saturated carbocycles. The Morgan fingerprint density at radius 3 is 2.65 bits per heavy atom. The fourth-order valence-corrected chi connectivity index (χ4v) is 4.49.